The van der Waals surface area contributed by atoms with E-state index in [1.807, 2.05) is 6.92 Å². The minimum atomic E-state index is -0.0615. The number of ether oxygens (including phenoxy) is 1. The van der Waals surface area contributed by atoms with E-state index in [-0.39, 0.29) is 11.9 Å². The van der Waals surface area contributed by atoms with E-state index in [0.29, 0.717) is 6.61 Å². The second-order valence-electron chi connectivity index (χ2n) is 5.12. The van der Waals surface area contributed by atoms with Crippen LogP contribution in [-0.2, 0) is 16.1 Å². The van der Waals surface area contributed by atoms with Crippen LogP contribution in [0.25, 0.3) is 0 Å². The van der Waals surface area contributed by atoms with Crippen LogP contribution in [0.4, 0.5) is 0 Å². The topological polar surface area (TPSA) is 53.9 Å². The second kappa shape index (κ2) is 8.53. The molecule has 5 nitrogen and oxygen atoms in total. The first-order chi connectivity index (χ1) is 10.6. The number of hydrogen-bond donors (Lipinski definition) is 1. The third kappa shape index (κ3) is 4.71. The highest BCUT2D eigenvalue weighted by Gasteiger charge is 2.27. The van der Waals surface area contributed by atoms with E-state index in [4.69, 9.17) is 4.74 Å². The molecule has 1 N–H and O–H groups in total. The summed E-state index contributed by atoms with van der Waals surface area (Å²) in [4.78, 5) is 19.6. The number of thiophene rings is 1. The van der Waals surface area contributed by atoms with Crippen molar-refractivity contribution in [2.75, 3.05) is 26.7 Å². The Morgan fingerprint density at radius 3 is 2.77 bits per heavy atom. The van der Waals surface area contributed by atoms with Crippen molar-refractivity contribution in [2.45, 2.75) is 26.3 Å². The molecule has 122 valence electrons. The molecule has 22 heavy (non-hydrogen) atoms. The minimum absolute atomic E-state index is 0.0301. The number of piperidine rings is 1. The van der Waals surface area contributed by atoms with E-state index in [1.54, 1.807) is 18.4 Å². The summed E-state index contributed by atoms with van der Waals surface area (Å²) in [5.41, 5.74) is 0. The minimum Gasteiger partial charge on any atom is -0.466 e. The zero-order chi connectivity index (χ0) is 15.9. The number of halogens is 1. The Labute approximate surface area is 143 Å². The van der Waals surface area contributed by atoms with Gasteiger partial charge >= 0.3 is 5.97 Å². The number of guanidine groups is 1. The quantitative estimate of drug-likeness (QED) is 0.490. The van der Waals surface area contributed by atoms with Crippen molar-refractivity contribution < 1.29 is 9.53 Å². The number of aliphatic imine (C=N–C) groups is 1. The van der Waals surface area contributed by atoms with Crippen molar-refractivity contribution in [3.8, 4) is 0 Å². The first-order valence-electron chi connectivity index (χ1n) is 7.50. The fourth-order valence-electron chi connectivity index (χ4n) is 2.53. The molecular formula is C15H22BrN3O2S. The Bertz CT molecular complexity index is 525. The zero-order valence-corrected chi connectivity index (χ0v) is 15.4. The van der Waals surface area contributed by atoms with Gasteiger partial charge in [-0.25, -0.2) is 0 Å². The largest absolute Gasteiger partial charge is 0.466 e. The fourth-order valence-corrected chi connectivity index (χ4v) is 3.96. The molecule has 1 aliphatic rings. The van der Waals surface area contributed by atoms with Gasteiger partial charge in [0.25, 0.3) is 0 Å². The number of esters is 1. The lowest BCUT2D eigenvalue weighted by atomic mass is 9.97. The van der Waals surface area contributed by atoms with Gasteiger partial charge in [-0.15, -0.1) is 11.3 Å². The SMILES string of the molecule is CCOC(=O)C1CCN(C(=NC)NCc2ccc(Br)s2)CC1. The summed E-state index contributed by atoms with van der Waals surface area (Å²) in [6, 6.07) is 4.15. The van der Waals surface area contributed by atoms with Crippen LogP contribution in [0.5, 0.6) is 0 Å². The van der Waals surface area contributed by atoms with E-state index < -0.39 is 0 Å². The maximum atomic E-state index is 11.8. The molecule has 0 unspecified atom stereocenters. The average Bonchev–Trinajstić information content (AvgIpc) is 2.94. The van der Waals surface area contributed by atoms with Crippen LogP contribution >= 0.6 is 27.3 Å². The van der Waals surface area contributed by atoms with Crippen LogP contribution < -0.4 is 5.32 Å². The van der Waals surface area contributed by atoms with Crippen molar-refractivity contribution in [2.24, 2.45) is 10.9 Å². The molecule has 0 bridgehead atoms. The number of nitrogens with zero attached hydrogens (tertiary/aromatic N) is 2. The van der Waals surface area contributed by atoms with Crippen LogP contribution in [0, 0.1) is 5.92 Å². The van der Waals surface area contributed by atoms with Gasteiger partial charge in [-0.1, -0.05) is 0 Å². The molecule has 0 saturated carbocycles. The number of carbonyl (C=O) groups excluding carboxylic acids is 1. The van der Waals surface area contributed by atoms with Crippen molar-refractivity contribution in [1.82, 2.24) is 10.2 Å². The van der Waals surface area contributed by atoms with Crippen LogP contribution in [0.1, 0.15) is 24.6 Å². The maximum Gasteiger partial charge on any atom is 0.309 e. The Morgan fingerprint density at radius 1 is 1.50 bits per heavy atom. The highest BCUT2D eigenvalue weighted by molar-refractivity contribution is 9.11. The summed E-state index contributed by atoms with van der Waals surface area (Å²) in [6.45, 7) is 4.73. The average molecular weight is 388 g/mol. The number of likely N-dealkylation sites (tertiary alicyclic amines) is 1. The number of nitrogens with one attached hydrogen (secondary N) is 1. The van der Waals surface area contributed by atoms with Gasteiger partial charge in [0, 0.05) is 25.0 Å². The standard InChI is InChI=1S/C15H22BrN3O2S/c1-3-21-14(20)11-6-8-19(9-7-11)15(17-2)18-10-12-4-5-13(16)22-12/h4-5,11H,3,6-10H2,1-2H3,(H,17,18). The highest BCUT2D eigenvalue weighted by atomic mass is 79.9. The normalized spacial score (nSPS) is 16.7. The number of rotatable bonds is 4. The van der Waals surface area contributed by atoms with Gasteiger partial charge in [0.1, 0.15) is 0 Å². The molecule has 0 aromatic carbocycles. The smallest absolute Gasteiger partial charge is 0.309 e. The number of carbonyl (C=O) groups is 1. The molecule has 2 rings (SSSR count). The van der Waals surface area contributed by atoms with E-state index in [9.17, 15) is 4.79 Å². The predicted octanol–water partition coefficient (Wildman–Crippen LogP) is 2.86. The fraction of sp³-hybridized carbons (Fsp3) is 0.600. The summed E-state index contributed by atoms with van der Waals surface area (Å²) in [5.74, 6) is 0.864. The van der Waals surface area contributed by atoms with Crippen LogP contribution in [0.3, 0.4) is 0 Å². The van der Waals surface area contributed by atoms with E-state index in [0.717, 1.165) is 42.2 Å². The van der Waals surface area contributed by atoms with Crippen molar-refractivity contribution >= 4 is 39.2 Å². The first-order valence-corrected chi connectivity index (χ1v) is 9.11. The van der Waals surface area contributed by atoms with Gasteiger partial charge in [-0.3, -0.25) is 9.79 Å². The van der Waals surface area contributed by atoms with Gasteiger partial charge in [0.05, 0.1) is 22.9 Å². The van der Waals surface area contributed by atoms with Gasteiger partial charge in [-0.2, -0.15) is 0 Å². The molecule has 7 heteroatoms. The maximum absolute atomic E-state index is 11.8. The highest BCUT2D eigenvalue weighted by Crippen LogP contribution is 2.22. The van der Waals surface area contributed by atoms with E-state index in [2.05, 4.69) is 43.3 Å². The molecule has 1 fully saturated rings. The zero-order valence-electron chi connectivity index (χ0n) is 13.0. The van der Waals surface area contributed by atoms with Crippen molar-refractivity contribution in [3.05, 3.63) is 20.8 Å². The molecule has 1 aliphatic heterocycles. The van der Waals surface area contributed by atoms with Gasteiger partial charge < -0.3 is 15.0 Å². The Morgan fingerprint density at radius 2 is 2.23 bits per heavy atom. The molecule has 1 aromatic heterocycles. The van der Waals surface area contributed by atoms with Gasteiger partial charge in [0.2, 0.25) is 0 Å². The predicted molar refractivity (Wildman–Crippen MR) is 93.1 cm³/mol. The molecule has 2 heterocycles. The summed E-state index contributed by atoms with van der Waals surface area (Å²) >= 11 is 5.19. The Hall–Kier alpha value is -1.08. The lowest BCUT2D eigenvalue weighted by Crippen LogP contribution is -2.46. The van der Waals surface area contributed by atoms with Crippen molar-refractivity contribution in [1.29, 1.82) is 0 Å². The third-order valence-corrected chi connectivity index (χ3v) is 5.30. The Kier molecular flexibility index (Phi) is 6.70. The molecular weight excluding hydrogens is 366 g/mol. The third-order valence-electron chi connectivity index (χ3n) is 3.68. The summed E-state index contributed by atoms with van der Waals surface area (Å²) in [7, 11) is 1.80. The van der Waals surface area contributed by atoms with Crippen LogP contribution in [0.15, 0.2) is 20.9 Å². The Balaban J connectivity index is 1.82. The summed E-state index contributed by atoms with van der Waals surface area (Å²) < 4.78 is 6.24. The molecule has 0 amide bonds. The lowest BCUT2D eigenvalue weighted by molar-refractivity contribution is -0.149. The molecule has 0 spiro atoms. The van der Waals surface area contributed by atoms with E-state index in [1.165, 1.54) is 4.88 Å². The molecule has 0 atom stereocenters. The molecule has 1 aromatic rings. The van der Waals surface area contributed by atoms with Gasteiger partial charge in [0.15, 0.2) is 5.96 Å². The molecule has 0 aliphatic carbocycles. The number of hydrogen-bond acceptors (Lipinski definition) is 4. The van der Waals surface area contributed by atoms with Crippen molar-refractivity contribution in [3.63, 3.8) is 0 Å². The summed E-state index contributed by atoms with van der Waals surface area (Å²) in [6.07, 6.45) is 1.65. The second-order valence-corrected chi connectivity index (χ2v) is 7.67. The molecule has 0 radical (unpaired) electrons. The van der Waals surface area contributed by atoms with Gasteiger partial charge in [-0.05, 0) is 47.8 Å². The lowest BCUT2D eigenvalue weighted by Gasteiger charge is -2.33. The summed E-state index contributed by atoms with van der Waals surface area (Å²) in [5, 5.41) is 3.39. The van der Waals surface area contributed by atoms with Crippen LogP contribution in [-0.4, -0.2) is 43.6 Å². The van der Waals surface area contributed by atoms with Crippen LogP contribution in [0.2, 0.25) is 0 Å². The monoisotopic (exact) mass is 387 g/mol. The first kappa shape index (κ1) is 17.3. The van der Waals surface area contributed by atoms with E-state index >= 15 is 0 Å². The molecule has 1 saturated heterocycles.